The fraction of sp³-hybridized carbons (Fsp3) is 0.412. The summed E-state index contributed by atoms with van der Waals surface area (Å²) in [4.78, 5) is 33.6. The van der Waals surface area contributed by atoms with Crippen LogP contribution in [0.15, 0.2) is 24.5 Å². The number of halogens is 1. The standard InChI is InChI=1S/C17H18FN3O3/c18-12-9-13(16-14(10-12)19-4-5-20-16)17(24)21-6-1-2-11(3-7-21)8-15(22)23/h4-5,9-11H,1-3,6-8H2,(H,22,23). The monoisotopic (exact) mass is 331 g/mol. The van der Waals surface area contributed by atoms with Gasteiger partial charge in [0.15, 0.2) is 0 Å². The molecule has 3 rings (SSSR count). The Morgan fingerprint density at radius 1 is 1.21 bits per heavy atom. The summed E-state index contributed by atoms with van der Waals surface area (Å²) < 4.78 is 13.8. The van der Waals surface area contributed by atoms with Gasteiger partial charge in [-0.15, -0.1) is 0 Å². The largest absolute Gasteiger partial charge is 0.481 e. The van der Waals surface area contributed by atoms with Crippen LogP contribution >= 0.6 is 0 Å². The van der Waals surface area contributed by atoms with E-state index in [9.17, 15) is 14.0 Å². The maximum absolute atomic E-state index is 13.8. The molecular weight excluding hydrogens is 313 g/mol. The number of hydrogen-bond donors (Lipinski definition) is 1. The summed E-state index contributed by atoms with van der Waals surface area (Å²) in [6.07, 6.45) is 5.20. The summed E-state index contributed by atoms with van der Waals surface area (Å²) in [5.74, 6) is -1.54. The lowest BCUT2D eigenvalue weighted by Gasteiger charge is -2.21. The van der Waals surface area contributed by atoms with E-state index in [0.29, 0.717) is 30.5 Å². The Morgan fingerprint density at radius 2 is 2.00 bits per heavy atom. The maximum atomic E-state index is 13.8. The lowest BCUT2D eigenvalue weighted by molar-refractivity contribution is -0.138. The first kappa shape index (κ1) is 16.3. The molecule has 0 spiro atoms. The SMILES string of the molecule is O=C(O)CC1CCCN(C(=O)c2cc(F)cc3nccnc23)CC1. The lowest BCUT2D eigenvalue weighted by atomic mass is 9.97. The number of likely N-dealkylation sites (tertiary alicyclic amines) is 1. The normalized spacial score (nSPS) is 18.4. The summed E-state index contributed by atoms with van der Waals surface area (Å²) in [7, 11) is 0. The summed E-state index contributed by atoms with van der Waals surface area (Å²) >= 11 is 0. The van der Waals surface area contributed by atoms with Gasteiger partial charge >= 0.3 is 5.97 Å². The molecule has 6 nitrogen and oxygen atoms in total. The van der Waals surface area contributed by atoms with E-state index in [1.165, 1.54) is 24.5 Å². The van der Waals surface area contributed by atoms with Crippen LogP contribution in [0.25, 0.3) is 11.0 Å². The van der Waals surface area contributed by atoms with E-state index in [1.807, 2.05) is 0 Å². The van der Waals surface area contributed by atoms with Crippen molar-refractivity contribution in [1.29, 1.82) is 0 Å². The number of fused-ring (bicyclic) bond motifs is 1. The van der Waals surface area contributed by atoms with Crippen molar-refractivity contribution in [3.63, 3.8) is 0 Å². The van der Waals surface area contributed by atoms with Gasteiger partial charge < -0.3 is 10.0 Å². The highest BCUT2D eigenvalue weighted by atomic mass is 19.1. The third-order valence-corrected chi connectivity index (χ3v) is 4.37. The molecule has 0 radical (unpaired) electrons. The summed E-state index contributed by atoms with van der Waals surface area (Å²) in [5.41, 5.74) is 0.935. The number of aromatic nitrogens is 2. The van der Waals surface area contributed by atoms with Gasteiger partial charge in [-0.1, -0.05) is 0 Å². The average Bonchev–Trinajstić information content (AvgIpc) is 2.78. The molecular formula is C17H18FN3O3. The molecule has 0 saturated carbocycles. The van der Waals surface area contributed by atoms with E-state index in [2.05, 4.69) is 9.97 Å². The van der Waals surface area contributed by atoms with Gasteiger partial charge in [-0.2, -0.15) is 0 Å². The Bertz CT molecular complexity index is 781. The first-order valence-electron chi connectivity index (χ1n) is 7.96. The van der Waals surface area contributed by atoms with Crippen LogP contribution in [0.2, 0.25) is 0 Å². The predicted molar refractivity (Wildman–Crippen MR) is 85.0 cm³/mol. The minimum absolute atomic E-state index is 0.0735. The van der Waals surface area contributed by atoms with Crippen molar-refractivity contribution in [3.05, 3.63) is 35.9 Å². The minimum atomic E-state index is -0.814. The third-order valence-electron chi connectivity index (χ3n) is 4.37. The number of benzene rings is 1. The molecule has 1 aromatic heterocycles. The van der Waals surface area contributed by atoms with Gasteiger partial charge in [0, 0.05) is 38.0 Å². The minimum Gasteiger partial charge on any atom is -0.481 e. The maximum Gasteiger partial charge on any atom is 0.303 e. The Balaban J connectivity index is 1.83. The van der Waals surface area contributed by atoms with E-state index in [-0.39, 0.29) is 23.8 Å². The van der Waals surface area contributed by atoms with Crippen molar-refractivity contribution in [2.45, 2.75) is 25.7 Å². The molecule has 1 aliphatic rings. The molecule has 0 bridgehead atoms. The molecule has 2 heterocycles. The zero-order valence-corrected chi connectivity index (χ0v) is 13.1. The number of rotatable bonds is 3. The van der Waals surface area contributed by atoms with Crippen LogP contribution in [0.3, 0.4) is 0 Å². The molecule has 1 fully saturated rings. The number of carboxylic acid groups (broad SMARTS) is 1. The van der Waals surface area contributed by atoms with Crippen molar-refractivity contribution < 1.29 is 19.1 Å². The van der Waals surface area contributed by atoms with Crippen molar-refractivity contribution in [3.8, 4) is 0 Å². The highest BCUT2D eigenvalue weighted by Gasteiger charge is 2.25. The Labute approximate surface area is 138 Å². The van der Waals surface area contributed by atoms with E-state index >= 15 is 0 Å². The quantitative estimate of drug-likeness (QED) is 0.934. The second-order valence-corrected chi connectivity index (χ2v) is 6.06. The Morgan fingerprint density at radius 3 is 2.79 bits per heavy atom. The number of nitrogens with zero attached hydrogens (tertiary/aromatic N) is 3. The third kappa shape index (κ3) is 3.50. The summed E-state index contributed by atoms with van der Waals surface area (Å²) in [6.45, 7) is 1.00. The van der Waals surface area contributed by atoms with Gasteiger partial charge in [-0.05, 0) is 31.2 Å². The van der Waals surface area contributed by atoms with Crippen LogP contribution in [0, 0.1) is 11.7 Å². The molecule has 0 aliphatic carbocycles. The molecule has 1 atom stereocenters. The van der Waals surface area contributed by atoms with Crippen LogP contribution in [0.5, 0.6) is 0 Å². The number of carbonyl (C=O) groups is 2. The Kier molecular flexibility index (Phi) is 4.69. The zero-order chi connectivity index (χ0) is 17.1. The van der Waals surface area contributed by atoms with Crippen LogP contribution in [0.1, 0.15) is 36.0 Å². The number of amides is 1. The highest BCUT2D eigenvalue weighted by Crippen LogP contribution is 2.24. The summed E-state index contributed by atoms with van der Waals surface area (Å²) in [6, 6.07) is 2.45. The molecule has 1 aromatic carbocycles. The van der Waals surface area contributed by atoms with Gasteiger partial charge in [0.25, 0.3) is 5.91 Å². The summed E-state index contributed by atoms with van der Waals surface area (Å²) in [5, 5.41) is 8.92. The van der Waals surface area contributed by atoms with Crippen LogP contribution in [0.4, 0.5) is 4.39 Å². The Hall–Kier alpha value is -2.57. The predicted octanol–water partition coefficient (Wildman–Crippen LogP) is 2.49. The zero-order valence-electron chi connectivity index (χ0n) is 13.1. The first-order valence-corrected chi connectivity index (χ1v) is 7.96. The number of carbonyl (C=O) groups excluding carboxylic acids is 1. The topological polar surface area (TPSA) is 83.4 Å². The van der Waals surface area contributed by atoms with E-state index < -0.39 is 11.8 Å². The van der Waals surface area contributed by atoms with Crippen molar-refractivity contribution >= 4 is 22.9 Å². The molecule has 126 valence electrons. The molecule has 1 unspecified atom stereocenters. The molecule has 2 aromatic rings. The van der Waals surface area contributed by atoms with Crippen LogP contribution < -0.4 is 0 Å². The smallest absolute Gasteiger partial charge is 0.303 e. The van der Waals surface area contributed by atoms with E-state index in [1.54, 1.807) is 4.90 Å². The molecule has 1 N–H and O–H groups in total. The van der Waals surface area contributed by atoms with Crippen molar-refractivity contribution in [2.75, 3.05) is 13.1 Å². The molecule has 1 amide bonds. The van der Waals surface area contributed by atoms with Gasteiger partial charge in [0.05, 0.1) is 11.1 Å². The lowest BCUT2D eigenvalue weighted by Crippen LogP contribution is -2.32. The van der Waals surface area contributed by atoms with Gasteiger partial charge in [-0.3, -0.25) is 19.6 Å². The molecule has 7 heteroatoms. The van der Waals surface area contributed by atoms with Crippen molar-refractivity contribution in [2.24, 2.45) is 5.92 Å². The van der Waals surface area contributed by atoms with E-state index in [4.69, 9.17) is 5.11 Å². The second kappa shape index (κ2) is 6.90. The molecule has 1 saturated heterocycles. The van der Waals surface area contributed by atoms with Gasteiger partial charge in [0.2, 0.25) is 0 Å². The fourth-order valence-corrected chi connectivity index (χ4v) is 3.19. The fourth-order valence-electron chi connectivity index (χ4n) is 3.19. The average molecular weight is 331 g/mol. The number of hydrogen-bond acceptors (Lipinski definition) is 4. The number of carboxylic acids is 1. The number of aliphatic carboxylic acids is 1. The molecule has 1 aliphatic heterocycles. The van der Waals surface area contributed by atoms with Crippen molar-refractivity contribution in [1.82, 2.24) is 14.9 Å². The first-order chi connectivity index (χ1) is 11.5. The highest BCUT2D eigenvalue weighted by molar-refractivity contribution is 6.04. The van der Waals surface area contributed by atoms with Gasteiger partial charge in [0.1, 0.15) is 11.3 Å². The van der Waals surface area contributed by atoms with Crippen LogP contribution in [-0.4, -0.2) is 44.9 Å². The van der Waals surface area contributed by atoms with E-state index in [0.717, 1.165) is 12.8 Å². The second-order valence-electron chi connectivity index (χ2n) is 6.06. The van der Waals surface area contributed by atoms with Gasteiger partial charge in [-0.25, -0.2) is 4.39 Å². The molecule has 24 heavy (non-hydrogen) atoms. The van der Waals surface area contributed by atoms with Crippen LogP contribution in [-0.2, 0) is 4.79 Å².